The maximum absolute atomic E-state index is 12.0. The van der Waals surface area contributed by atoms with Gasteiger partial charge in [0.2, 0.25) is 0 Å². The van der Waals surface area contributed by atoms with E-state index in [4.69, 9.17) is 4.74 Å². The first-order valence-electron chi connectivity index (χ1n) is 5.96. The van der Waals surface area contributed by atoms with Crippen LogP contribution in [0.3, 0.4) is 0 Å². The zero-order chi connectivity index (χ0) is 12.7. The van der Waals surface area contributed by atoms with E-state index in [0.717, 1.165) is 12.1 Å². The fraction of sp³-hybridized carbons (Fsp3) is 0.500. The molecule has 94 valence electrons. The van der Waals surface area contributed by atoms with Crippen LogP contribution in [0.25, 0.3) is 0 Å². The minimum absolute atomic E-state index is 0.162. The summed E-state index contributed by atoms with van der Waals surface area (Å²) in [7, 11) is 1.68. The highest BCUT2D eigenvalue weighted by molar-refractivity contribution is 5.97. The van der Waals surface area contributed by atoms with Gasteiger partial charge in [0.1, 0.15) is 0 Å². The van der Waals surface area contributed by atoms with Gasteiger partial charge in [-0.3, -0.25) is 9.69 Å². The Bertz CT molecular complexity index is 335. The molecule has 0 saturated heterocycles. The number of ketones is 1. The number of hydrogen-bond acceptors (Lipinski definition) is 3. The Hall–Kier alpha value is -1.19. The molecule has 3 nitrogen and oxygen atoms in total. The molecule has 0 heterocycles. The predicted octanol–water partition coefficient (Wildman–Crippen LogP) is 2.23. The molecular weight excluding hydrogens is 214 g/mol. The molecule has 1 rings (SSSR count). The van der Waals surface area contributed by atoms with Crippen LogP contribution in [0.15, 0.2) is 30.3 Å². The molecule has 1 aromatic rings. The van der Waals surface area contributed by atoms with Crippen molar-refractivity contribution in [3.05, 3.63) is 35.9 Å². The number of nitrogens with zero attached hydrogens (tertiary/aromatic N) is 1. The van der Waals surface area contributed by atoms with Gasteiger partial charge in [-0.2, -0.15) is 0 Å². The van der Waals surface area contributed by atoms with Crippen molar-refractivity contribution >= 4 is 5.78 Å². The first-order valence-corrected chi connectivity index (χ1v) is 5.96. The average Bonchev–Trinajstić information content (AvgIpc) is 2.35. The summed E-state index contributed by atoms with van der Waals surface area (Å²) < 4.78 is 5.06. The zero-order valence-electron chi connectivity index (χ0n) is 10.8. The van der Waals surface area contributed by atoms with Crippen LogP contribution >= 0.6 is 0 Å². The zero-order valence-corrected chi connectivity index (χ0v) is 10.8. The number of ether oxygens (including phenoxy) is 1. The number of Topliss-reactive ketones (excluding diaryl/α,β-unsaturated/α-hetero) is 1. The van der Waals surface area contributed by atoms with Gasteiger partial charge in [0.15, 0.2) is 5.78 Å². The number of carbonyl (C=O) groups excluding carboxylic acids is 1. The number of carbonyl (C=O) groups is 1. The first-order chi connectivity index (χ1) is 8.15. The lowest BCUT2D eigenvalue weighted by Crippen LogP contribution is -2.38. The van der Waals surface area contributed by atoms with E-state index in [0.29, 0.717) is 19.2 Å². The molecule has 0 bridgehead atoms. The second-order valence-corrected chi connectivity index (χ2v) is 4.35. The van der Waals surface area contributed by atoms with Crippen LogP contribution in [-0.2, 0) is 4.74 Å². The minimum atomic E-state index is 0.162. The molecule has 0 saturated carbocycles. The summed E-state index contributed by atoms with van der Waals surface area (Å²) in [4.78, 5) is 14.2. The highest BCUT2D eigenvalue weighted by Gasteiger charge is 2.14. The van der Waals surface area contributed by atoms with Gasteiger partial charge in [0.05, 0.1) is 13.2 Å². The van der Waals surface area contributed by atoms with Crippen molar-refractivity contribution in [2.75, 3.05) is 26.8 Å². The standard InChI is InChI=1S/C14H21NO2/c1-12(2)15(9-10-17-3)11-14(16)13-7-5-4-6-8-13/h4-8,12H,9-11H2,1-3H3. The van der Waals surface area contributed by atoms with E-state index < -0.39 is 0 Å². The summed E-state index contributed by atoms with van der Waals surface area (Å²) in [6.45, 7) is 6.07. The highest BCUT2D eigenvalue weighted by Crippen LogP contribution is 2.04. The Morgan fingerprint density at radius 1 is 1.29 bits per heavy atom. The van der Waals surface area contributed by atoms with Crippen LogP contribution in [0.4, 0.5) is 0 Å². The molecule has 0 aliphatic carbocycles. The topological polar surface area (TPSA) is 29.5 Å². The van der Waals surface area contributed by atoms with Gasteiger partial charge >= 0.3 is 0 Å². The fourth-order valence-electron chi connectivity index (χ4n) is 1.63. The van der Waals surface area contributed by atoms with E-state index in [9.17, 15) is 4.79 Å². The Morgan fingerprint density at radius 3 is 2.47 bits per heavy atom. The highest BCUT2D eigenvalue weighted by atomic mass is 16.5. The molecule has 17 heavy (non-hydrogen) atoms. The summed E-state index contributed by atoms with van der Waals surface area (Å²) >= 11 is 0. The molecule has 0 aromatic heterocycles. The number of hydrogen-bond donors (Lipinski definition) is 0. The van der Waals surface area contributed by atoms with Crippen molar-refractivity contribution in [1.29, 1.82) is 0 Å². The summed E-state index contributed by atoms with van der Waals surface area (Å²) in [5, 5.41) is 0. The monoisotopic (exact) mass is 235 g/mol. The number of methoxy groups -OCH3 is 1. The molecule has 0 atom stereocenters. The third kappa shape index (κ3) is 4.67. The number of benzene rings is 1. The number of rotatable bonds is 7. The quantitative estimate of drug-likeness (QED) is 0.679. The molecule has 0 spiro atoms. The lowest BCUT2D eigenvalue weighted by atomic mass is 10.1. The smallest absolute Gasteiger partial charge is 0.176 e. The van der Waals surface area contributed by atoms with E-state index >= 15 is 0 Å². The van der Waals surface area contributed by atoms with Crippen molar-refractivity contribution < 1.29 is 9.53 Å². The van der Waals surface area contributed by atoms with Crippen LogP contribution < -0.4 is 0 Å². The molecule has 0 amide bonds. The molecule has 0 N–H and O–H groups in total. The summed E-state index contributed by atoms with van der Waals surface area (Å²) in [5.74, 6) is 0.162. The maximum atomic E-state index is 12.0. The van der Waals surface area contributed by atoms with Crippen LogP contribution in [0.2, 0.25) is 0 Å². The molecular formula is C14H21NO2. The van der Waals surface area contributed by atoms with Crippen LogP contribution in [0.5, 0.6) is 0 Å². The lowest BCUT2D eigenvalue weighted by molar-refractivity contribution is 0.0852. The van der Waals surface area contributed by atoms with Crippen LogP contribution in [-0.4, -0.2) is 43.5 Å². The van der Waals surface area contributed by atoms with Gasteiger partial charge < -0.3 is 4.74 Å². The molecule has 3 heteroatoms. The average molecular weight is 235 g/mol. The van der Waals surface area contributed by atoms with E-state index in [1.165, 1.54) is 0 Å². The largest absolute Gasteiger partial charge is 0.383 e. The van der Waals surface area contributed by atoms with E-state index in [1.807, 2.05) is 30.3 Å². The lowest BCUT2D eigenvalue weighted by Gasteiger charge is -2.25. The molecule has 0 fully saturated rings. The molecule has 0 aliphatic rings. The van der Waals surface area contributed by atoms with E-state index in [1.54, 1.807) is 7.11 Å². The molecule has 0 radical (unpaired) electrons. The van der Waals surface area contributed by atoms with E-state index in [-0.39, 0.29) is 5.78 Å². The summed E-state index contributed by atoms with van der Waals surface area (Å²) in [5.41, 5.74) is 0.774. The van der Waals surface area contributed by atoms with Crippen molar-refractivity contribution in [2.24, 2.45) is 0 Å². The van der Waals surface area contributed by atoms with Gasteiger partial charge in [-0.15, -0.1) is 0 Å². The van der Waals surface area contributed by atoms with Crippen molar-refractivity contribution in [3.8, 4) is 0 Å². The van der Waals surface area contributed by atoms with Gasteiger partial charge in [0, 0.05) is 25.3 Å². The third-order valence-corrected chi connectivity index (χ3v) is 2.76. The normalized spacial score (nSPS) is 11.1. The van der Waals surface area contributed by atoms with Gasteiger partial charge in [-0.25, -0.2) is 0 Å². The van der Waals surface area contributed by atoms with Gasteiger partial charge in [-0.1, -0.05) is 30.3 Å². The second-order valence-electron chi connectivity index (χ2n) is 4.35. The fourth-order valence-corrected chi connectivity index (χ4v) is 1.63. The summed E-state index contributed by atoms with van der Waals surface area (Å²) in [6.07, 6.45) is 0. The Labute approximate surface area is 103 Å². The van der Waals surface area contributed by atoms with Gasteiger partial charge in [0.25, 0.3) is 0 Å². The first kappa shape index (κ1) is 13.9. The second kappa shape index (κ2) is 7.20. The molecule has 0 aliphatic heterocycles. The molecule has 1 aromatic carbocycles. The van der Waals surface area contributed by atoms with Crippen molar-refractivity contribution in [2.45, 2.75) is 19.9 Å². The maximum Gasteiger partial charge on any atom is 0.176 e. The Balaban J connectivity index is 2.58. The van der Waals surface area contributed by atoms with Crippen molar-refractivity contribution in [1.82, 2.24) is 4.90 Å². The van der Waals surface area contributed by atoms with Crippen molar-refractivity contribution in [3.63, 3.8) is 0 Å². The summed E-state index contributed by atoms with van der Waals surface area (Å²) in [6, 6.07) is 9.76. The Morgan fingerprint density at radius 2 is 1.94 bits per heavy atom. The van der Waals surface area contributed by atoms with Gasteiger partial charge in [-0.05, 0) is 13.8 Å². The SMILES string of the molecule is COCCN(CC(=O)c1ccccc1)C(C)C. The minimum Gasteiger partial charge on any atom is -0.383 e. The molecule has 0 unspecified atom stereocenters. The third-order valence-electron chi connectivity index (χ3n) is 2.76. The predicted molar refractivity (Wildman–Crippen MR) is 69.4 cm³/mol. The van der Waals surface area contributed by atoms with Crippen LogP contribution in [0.1, 0.15) is 24.2 Å². The van der Waals surface area contributed by atoms with Crippen LogP contribution in [0, 0.1) is 0 Å². The Kier molecular flexibility index (Phi) is 5.87. The van der Waals surface area contributed by atoms with E-state index in [2.05, 4.69) is 18.7 Å².